The minimum atomic E-state index is -1.08. The molecule has 2 aromatic carbocycles. The van der Waals surface area contributed by atoms with Crippen molar-refractivity contribution in [2.24, 2.45) is 0 Å². The van der Waals surface area contributed by atoms with Crippen molar-refractivity contribution < 1.29 is 22.6 Å². The lowest BCUT2D eigenvalue weighted by Gasteiger charge is -2.31. The van der Waals surface area contributed by atoms with Crippen LogP contribution >= 0.6 is 0 Å². The molecule has 3 aromatic rings. The fourth-order valence-electron chi connectivity index (χ4n) is 3.81. The zero-order valence-electron chi connectivity index (χ0n) is 17.1. The lowest BCUT2D eigenvalue weighted by Crippen LogP contribution is -2.39. The van der Waals surface area contributed by atoms with E-state index in [4.69, 9.17) is 9.47 Å². The van der Waals surface area contributed by atoms with Crippen molar-refractivity contribution in [1.82, 2.24) is 9.55 Å². The molecule has 0 N–H and O–H groups in total. The molecule has 1 fully saturated rings. The van der Waals surface area contributed by atoms with Crippen molar-refractivity contribution in [3.05, 3.63) is 76.0 Å². The Morgan fingerprint density at radius 3 is 2.56 bits per heavy atom. The number of hydrogen-bond acceptors (Lipinski definition) is 5. The zero-order chi connectivity index (χ0) is 22.2. The summed E-state index contributed by atoms with van der Waals surface area (Å²) < 4.78 is 53.4. The Morgan fingerprint density at radius 1 is 0.969 bits per heavy atom. The SMILES string of the molecule is O=c1nc(OCc2ccc(Oc3ccc(F)c(F)c3)c(F)c2)cc2n1CCCN2C1CC1. The molecule has 0 spiro atoms. The fourth-order valence-corrected chi connectivity index (χ4v) is 3.81. The van der Waals surface area contributed by atoms with Crippen molar-refractivity contribution in [3.63, 3.8) is 0 Å². The predicted octanol–water partition coefficient (Wildman–Crippen LogP) is 4.40. The summed E-state index contributed by atoms with van der Waals surface area (Å²) in [5, 5.41) is 0. The average Bonchev–Trinajstić information content (AvgIpc) is 3.61. The van der Waals surface area contributed by atoms with Crippen molar-refractivity contribution in [3.8, 4) is 17.4 Å². The zero-order valence-corrected chi connectivity index (χ0v) is 17.1. The van der Waals surface area contributed by atoms with Crippen LogP contribution in [0.3, 0.4) is 0 Å². The van der Waals surface area contributed by atoms with Gasteiger partial charge in [-0.3, -0.25) is 4.57 Å². The van der Waals surface area contributed by atoms with Crippen molar-refractivity contribution in [2.45, 2.75) is 38.5 Å². The molecule has 2 aliphatic rings. The first-order valence-electron chi connectivity index (χ1n) is 10.4. The standard InChI is InChI=1S/C23H20F3N3O3/c24-17-6-5-16(11-18(17)25)32-20-7-2-14(10-19(20)26)13-31-21-12-22-28(15-3-4-15)8-1-9-29(22)23(30)27-21/h2,5-7,10-12,15H,1,3-4,8-9,13H2. The number of halogens is 3. The van der Waals surface area contributed by atoms with E-state index in [-0.39, 0.29) is 29.7 Å². The van der Waals surface area contributed by atoms with Crippen LogP contribution in [0.5, 0.6) is 17.4 Å². The number of hydrogen-bond donors (Lipinski definition) is 0. The summed E-state index contributed by atoms with van der Waals surface area (Å²) >= 11 is 0. The Morgan fingerprint density at radius 2 is 1.81 bits per heavy atom. The van der Waals surface area contributed by atoms with E-state index in [1.54, 1.807) is 16.7 Å². The third-order valence-electron chi connectivity index (χ3n) is 5.53. The number of rotatable bonds is 6. The number of anilines is 1. The van der Waals surface area contributed by atoms with Gasteiger partial charge in [-0.05, 0) is 49.1 Å². The van der Waals surface area contributed by atoms with Gasteiger partial charge in [0.2, 0.25) is 5.88 Å². The summed E-state index contributed by atoms with van der Waals surface area (Å²) in [4.78, 5) is 18.6. The maximum absolute atomic E-state index is 14.5. The topological polar surface area (TPSA) is 56.6 Å². The van der Waals surface area contributed by atoms with Gasteiger partial charge in [-0.1, -0.05) is 6.07 Å². The Hall–Kier alpha value is -3.49. The predicted molar refractivity (Wildman–Crippen MR) is 111 cm³/mol. The van der Waals surface area contributed by atoms with Gasteiger partial charge in [0.1, 0.15) is 18.2 Å². The highest BCUT2D eigenvalue weighted by atomic mass is 19.2. The van der Waals surface area contributed by atoms with Gasteiger partial charge in [0.05, 0.1) is 0 Å². The molecular weight excluding hydrogens is 423 g/mol. The van der Waals surface area contributed by atoms with Gasteiger partial charge in [0.15, 0.2) is 23.2 Å². The second-order valence-corrected chi connectivity index (χ2v) is 7.90. The minimum Gasteiger partial charge on any atom is -0.473 e. The lowest BCUT2D eigenvalue weighted by atomic mass is 10.2. The quantitative estimate of drug-likeness (QED) is 0.565. The minimum absolute atomic E-state index is 0.00168. The van der Waals surface area contributed by atoms with Crippen molar-refractivity contribution in [2.75, 3.05) is 11.4 Å². The van der Waals surface area contributed by atoms with Gasteiger partial charge in [0.25, 0.3) is 0 Å². The molecule has 0 radical (unpaired) electrons. The van der Waals surface area contributed by atoms with Crippen molar-refractivity contribution >= 4 is 5.82 Å². The Labute approximate surface area is 181 Å². The van der Waals surface area contributed by atoms with Gasteiger partial charge in [0, 0.05) is 31.3 Å². The van der Waals surface area contributed by atoms with Crippen LogP contribution in [0.15, 0.2) is 47.3 Å². The molecule has 0 bridgehead atoms. The highest BCUT2D eigenvalue weighted by Gasteiger charge is 2.33. The molecule has 0 unspecified atom stereocenters. The van der Waals surface area contributed by atoms with Crippen LogP contribution < -0.4 is 20.1 Å². The van der Waals surface area contributed by atoms with E-state index in [0.717, 1.165) is 43.8 Å². The summed E-state index contributed by atoms with van der Waals surface area (Å²) in [6.45, 7) is 1.54. The molecule has 0 amide bonds. The maximum Gasteiger partial charge on any atom is 0.352 e. The molecule has 0 atom stereocenters. The second-order valence-electron chi connectivity index (χ2n) is 7.90. The summed E-state index contributed by atoms with van der Waals surface area (Å²) in [7, 11) is 0. The van der Waals surface area contributed by atoms with Gasteiger partial charge in [-0.15, -0.1) is 0 Å². The molecule has 5 rings (SSSR count). The largest absolute Gasteiger partial charge is 0.473 e. The number of aromatic nitrogens is 2. The summed E-state index contributed by atoms with van der Waals surface area (Å²) in [5.74, 6) is -1.93. The number of benzene rings is 2. The van der Waals surface area contributed by atoms with Crippen LogP contribution in [0.25, 0.3) is 0 Å². The van der Waals surface area contributed by atoms with E-state index in [1.165, 1.54) is 18.2 Å². The van der Waals surface area contributed by atoms with Crippen molar-refractivity contribution in [1.29, 1.82) is 0 Å². The van der Waals surface area contributed by atoms with Gasteiger partial charge in [-0.2, -0.15) is 4.98 Å². The summed E-state index contributed by atoms with van der Waals surface area (Å²) in [6, 6.07) is 9.36. The molecule has 1 aliphatic heterocycles. The molecule has 1 aliphatic carbocycles. The molecule has 9 heteroatoms. The molecule has 0 saturated heterocycles. The number of fused-ring (bicyclic) bond motifs is 1. The smallest absolute Gasteiger partial charge is 0.352 e. The van der Waals surface area contributed by atoms with E-state index in [1.807, 2.05) is 0 Å². The Bertz CT molecular complexity index is 1230. The Kier molecular flexibility index (Phi) is 5.24. The first kappa shape index (κ1) is 20.4. The Balaban J connectivity index is 1.29. The van der Waals surface area contributed by atoms with Crippen LogP contribution in [0.2, 0.25) is 0 Å². The van der Waals surface area contributed by atoms with Gasteiger partial charge >= 0.3 is 5.69 Å². The molecular formula is C23H20F3N3O3. The number of ether oxygens (including phenoxy) is 2. The highest BCUT2D eigenvalue weighted by Crippen LogP contribution is 2.34. The lowest BCUT2D eigenvalue weighted by molar-refractivity contribution is 0.289. The summed E-state index contributed by atoms with van der Waals surface area (Å²) in [5.41, 5.74) is 0.142. The van der Waals surface area contributed by atoms with E-state index in [9.17, 15) is 18.0 Å². The normalized spacial score (nSPS) is 15.4. The van der Waals surface area contributed by atoms with Gasteiger partial charge < -0.3 is 14.4 Å². The van der Waals surface area contributed by atoms with Crippen LogP contribution in [0.4, 0.5) is 19.0 Å². The molecule has 1 aromatic heterocycles. The van der Waals surface area contributed by atoms with Crippen LogP contribution in [-0.4, -0.2) is 22.1 Å². The first-order valence-corrected chi connectivity index (χ1v) is 10.4. The molecule has 6 nitrogen and oxygen atoms in total. The highest BCUT2D eigenvalue weighted by molar-refractivity contribution is 5.46. The average molecular weight is 443 g/mol. The van der Waals surface area contributed by atoms with E-state index >= 15 is 0 Å². The van der Waals surface area contributed by atoms with Crippen LogP contribution in [0, 0.1) is 17.5 Å². The molecule has 2 heterocycles. The molecule has 166 valence electrons. The molecule has 1 saturated carbocycles. The summed E-state index contributed by atoms with van der Waals surface area (Å²) in [6.07, 6.45) is 3.14. The van der Waals surface area contributed by atoms with E-state index in [2.05, 4.69) is 9.88 Å². The third kappa shape index (κ3) is 4.15. The van der Waals surface area contributed by atoms with Crippen LogP contribution in [-0.2, 0) is 13.2 Å². The van der Waals surface area contributed by atoms with Gasteiger partial charge in [-0.25, -0.2) is 18.0 Å². The van der Waals surface area contributed by atoms with E-state index < -0.39 is 17.5 Å². The first-order chi connectivity index (χ1) is 15.5. The second kappa shape index (κ2) is 8.22. The maximum atomic E-state index is 14.5. The third-order valence-corrected chi connectivity index (χ3v) is 5.53. The monoisotopic (exact) mass is 443 g/mol. The van der Waals surface area contributed by atoms with E-state index in [0.29, 0.717) is 18.2 Å². The van der Waals surface area contributed by atoms with Crippen LogP contribution in [0.1, 0.15) is 24.8 Å². The number of nitrogens with zero attached hydrogens (tertiary/aromatic N) is 3. The fraction of sp³-hybridized carbons (Fsp3) is 0.304. The molecule has 32 heavy (non-hydrogen) atoms.